The maximum absolute atomic E-state index is 11.9. The molecule has 16 heavy (non-hydrogen) atoms. The molecule has 0 radical (unpaired) electrons. The van der Waals surface area contributed by atoms with Crippen molar-refractivity contribution in [2.45, 2.75) is 33.2 Å². The third-order valence-corrected chi connectivity index (χ3v) is 3.02. The van der Waals surface area contributed by atoms with Gasteiger partial charge in [0, 0.05) is 12.7 Å². The first-order chi connectivity index (χ1) is 7.72. The summed E-state index contributed by atoms with van der Waals surface area (Å²) in [7, 11) is 0. The second-order valence-electron chi connectivity index (χ2n) is 4.24. The molecule has 2 aromatic heterocycles. The second-order valence-corrected chi connectivity index (χ2v) is 4.24. The topological polar surface area (TPSA) is 39.3 Å². The van der Waals surface area contributed by atoms with Crippen molar-refractivity contribution in [1.82, 2.24) is 14.2 Å². The molecule has 1 unspecified atom stereocenters. The molecule has 0 aliphatic heterocycles. The molecular weight excluding hydrogens is 202 g/mol. The fourth-order valence-electron chi connectivity index (χ4n) is 1.66. The van der Waals surface area contributed by atoms with Gasteiger partial charge in [0.1, 0.15) is 0 Å². The van der Waals surface area contributed by atoms with Gasteiger partial charge < -0.3 is 0 Å². The fraction of sp³-hybridized carbons (Fsp3) is 0.500. The van der Waals surface area contributed by atoms with Gasteiger partial charge in [0.15, 0.2) is 5.65 Å². The Hall–Kier alpha value is -1.58. The summed E-state index contributed by atoms with van der Waals surface area (Å²) in [5, 5.41) is 4.29. The Morgan fingerprint density at radius 2 is 2.25 bits per heavy atom. The average molecular weight is 219 g/mol. The molecule has 0 fully saturated rings. The summed E-state index contributed by atoms with van der Waals surface area (Å²) >= 11 is 0. The van der Waals surface area contributed by atoms with E-state index in [2.05, 4.69) is 18.9 Å². The Bertz CT molecular complexity index is 526. The van der Waals surface area contributed by atoms with Crippen molar-refractivity contribution in [2.24, 2.45) is 5.92 Å². The van der Waals surface area contributed by atoms with Crippen LogP contribution in [-0.2, 0) is 6.54 Å². The molecule has 0 amide bonds. The van der Waals surface area contributed by atoms with Gasteiger partial charge in [0.25, 0.3) is 0 Å². The van der Waals surface area contributed by atoms with Gasteiger partial charge in [-0.25, -0.2) is 9.48 Å². The lowest BCUT2D eigenvalue weighted by Crippen LogP contribution is -2.21. The van der Waals surface area contributed by atoms with Gasteiger partial charge >= 0.3 is 5.69 Å². The van der Waals surface area contributed by atoms with Crippen molar-refractivity contribution < 1.29 is 0 Å². The predicted molar refractivity (Wildman–Crippen MR) is 63.5 cm³/mol. The first kappa shape index (κ1) is 10.9. The minimum atomic E-state index is -0.0427. The van der Waals surface area contributed by atoms with Crippen LogP contribution in [0.3, 0.4) is 0 Å². The largest absolute Gasteiger partial charge is 0.350 e. The number of hydrogen-bond acceptors (Lipinski definition) is 2. The highest BCUT2D eigenvalue weighted by atomic mass is 16.2. The molecule has 0 saturated heterocycles. The number of nitrogens with zero attached hydrogens (tertiary/aromatic N) is 3. The summed E-state index contributed by atoms with van der Waals surface area (Å²) in [6.45, 7) is 5.06. The molecule has 0 N–H and O–H groups in total. The van der Waals surface area contributed by atoms with Crippen molar-refractivity contribution in [3.8, 4) is 0 Å². The van der Waals surface area contributed by atoms with Crippen LogP contribution in [0.1, 0.15) is 26.7 Å². The maximum atomic E-state index is 11.9. The molecule has 0 aromatic carbocycles. The Balaban J connectivity index is 2.25. The molecule has 4 heteroatoms. The monoisotopic (exact) mass is 219 g/mol. The van der Waals surface area contributed by atoms with Crippen molar-refractivity contribution in [2.75, 3.05) is 0 Å². The number of rotatable bonds is 4. The van der Waals surface area contributed by atoms with E-state index in [9.17, 15) is 4.79 Å². The Labute approximate surface area is 94.5 Å². The third-order valence-electron chi connectivity index (χ3n) is 3.02. The van der Waals surface area contributed by atoms with Crippen molar-refractivity contribution in [3.05, 3.63) is 34.9 Å². The summed E-state index contributed by atoms with van der Waals surface area (Å²) in [6, 6.07) is 5.58. The zero-order valence-electron chi connectivity index (χ0n) is 9.76. The SMILES string of the molecule is CCC(C)CCn1nc2ccccn2c1=O. The molecule has 0 spiro atoms. The molecule has 0 aliphatic rings. The Morgan fingerprint density at radius 3 is 2.94 bits per heavy atom. The molecule has 0 bridgehead atoms. The van der Waals surface area contributed by atoms with Crippen molar-refractivity contribution in [3.63, 3.8) is 0 Å². The van der Waals surface area contributed by atoms with Crippen LogP contribution in [0.25, 0.3) is 5.65 Å². The van der Waals surface area contributed by atoms with E-state index in [0.29, 0.717) is 12.5 Å². The van der Waals surface area contributed by atoms with E-state index in [0.717, 1.165) is 18.5 Å². The van der Waals surface area contributed by atoms with E-state index in [1.807, 2.05) is 18.2 Å². The molecule has 2 aromatic rings. The van der Waals surface area contributed by atoms with Crippen LogP contribution in [0.2, 0.25) is 0 Å². The lowest BCUT2D eigenvalue weighted by atomic mass is 10.1. The number of fused-ring (bicyclic) bond motifs is 1. The fourth-order valence-corrected chi connectivity index (χ4v) is 1.66. The van der Waals surface area contributed by atoms with E-state index >= 15 is 0 Å². The lowest BCUT2D eigenvalue weighted by Gasteiger charge is -2.06. The molecule has 2 rings (SSSR count). The molecular formula is C12H17N3O. The summed E-state index contributed by atoms with van der Waals surface area (Å²) in [6.07, 6.45) is 3.90. The van der Waals surface area contributed by atoms with Gasteiger partial charge in [0.2, 0.25) is 0 Å². The van der Waals surface area contributed by atoms with Gasteiger partial charge in [-0.05, 0) is 24.5 Å². The highest BCUT2D eigenvalue weighted by molar-refractivity contribution is 5.35. The smallest absolute Gasteiger partial charge is 0.250 e. The zero-order valence-corrected chi connectivity index (χ0v) is 9.76. The summed E-state index contributed by atoms with van der Waals surface area (Å²) in [4.78, 5) is 11.9. The van der Waals surface area contributed by atoms with Crippen LogP contribution < -0.4 is 5.69 Å². The van der Waals surface area contributed by atoms with Gasteiger partial charge in [-0.1, -0.05) is 26.3 Å². The minimum absolute atomic E-state index is 0.0427. The maximum Gasteiger partial charge on any atom is 0.350 e. The molecule has 0 saturated carbocycles. The number of hydrogen-bond donors (Lipinski definition) is 0. The summed E-state index contributed by atoms with van der Waals surface area (Å²) in [5.41, 5.74) is 0.676. The van der Waals surface area contributed by atoms with E-state index in [4.69, 9.17) is 0 Å². The predicted octanol–water partition coefficient (Wildman–Crippen LogP) is 1.93. The normalized spacial score (nSPS) is 13.1. The highest BCUT2D eigenvalue weighted by Gasteiger charge is 2.06. The Morgan fingerprint density at radius 1 is 1.44 bits per heavy atom. The number of aryl methyl sites for hydroxylation is 1. The van der Waals surface area contributed by atoms with E-state index in [1.165, 1.54) is 0 Å². The number of aromatic nitrogens is 3. The molecule has 1 atom stereocenters. The second kappa shape index (κ2) is 4.51. The van der Waals surface area contributed by atoms with Crippen LogP contribution in [-0.4, -0.2) is 14.2 Å². The van der Waals surface area contributed by atoms with E-state index in [1.54, 1.807) is 15.3 Å². The van der Waals surface area contributed by atoms with E-state index in [-0.39, 0.29) is 5.69 Å². The molecule has 4 nitrogen and oxygen atoms in total. The van der Waals surface area contributed by atoms with Crippen LogP contribution in [0.15, 0.2) is 29.2 Å². The van der Waals surface area contributed by atoms with Crippen LogP contribution in [0, 0.1) is 5.92 Å². The molecule has 86 valence electrons. The average Bonchev–Trinajstić information content (AvgIpc) is 2.64. The minimum Gasteiger partial charge on any atom is -0.250 e. The van der Waals surface area contributed by atoms with Gasteiger partial charge in [-0.2, -0.15) is 0 Å². The van der Waals surface area contributed by atoms with Crippen molar-refractivity contribution >= 4 is 5.65 Å². The summed E-state index contributed by atoms with van der Waals surface area (Å²) < 4.78 is 3.14. The molecule has 0 aliphatic carbocycles. The number of pyridine rings is 1. The quantitative estimate of drug-likeness (QED) is 0.788. The molecule has 2 heterocycles. The third kappa shape index (κ3) is 2.01. The van der Waals surface area contributed by atoms with Crippen LogP contribution in [0.4, 0.5) is 0 Å². The highest BCUT2D eigenvalue weighted by Crippen LogP contribution is 2.07. The van der Waals surface area contributed by atoms with Gasteiger partial charge in [-0.3, -0.25) is 4.40 Å². The Kier molecular flexibility index (Phi) is 3.08. The standard InChI is InChI=1S/C12H17N3O/c1-3-10(2)7-9-15-12(16)14-8-5-4-6-11(14)13-15/h4-6,8,10H,3,7,9H2,1-2H3. The zero-order chi connectivity index (χ0) is 11.5. The van der Waals surface area contributed by atoms with Gasteiger partial charge in [0.05, 0.1) is 0 Å². The first-order valence-corrected chi connectivity index (χ1v) is 5.76. The summed E-state index contributed by atoms with van der Waals surface area (Å²) in [5.74, 6) is 0.636. The lowest BCUT2D eigenvalue weighted by molar-refractivity contribution is 0.442. The van der Waals surface area contributed by atoms with Crippen LogP contribution >= 0.6 is 0 Å². The van der Waals surface area contributed by atoms with Gasteiger partial charge in [-0.15, -0.1) is 5.10 Å². The van der Waals surface area contributed by atoms with E-state index < -0.39 is 0 Å². The van der Waals surface area contributed by atoms with Crippen LogP contribution in [0.5, 0.6) is 0 Å². The first-order valence-electron chi connectivity index (χ1n) is 5.76. The van der Waals surface area contributed by atoms with Crippen molar-refractivity contribution in [1.29, 1.82) is 0 Å².